The Morgan fingerprint density at radius 1 is 1.67 bits per heavy atom. The molecule has 0 fully saturated rings. The molecule has 0 aromatic carbocycles. The molecule has 15 heavy (non-hydrogen) atoms. The lowest BCUT2D eigenvalue weighted by Gasteiger charge is -2.10. The molecule has 1 N–H and O–H groups in total. The summed E-state index contributed by atoms with van der Waals surface area (Å²) in [6, 6.07) is 1.59. The largest absolute Gasteiger partial charge is 0.480 e. The average Bonchev–Trinajstić information content (AvgIpc) is 2.26. The minimum Gasteiger partial charge on any atom is -0.480 e. The highest BCUT2D eigenvalue weighted by Gasteiger charge is 2.22. The quantitative estimate of drug-likeness (QED) is 0.825. The predicted octanol–water partition coefficient (Wildman–Crippen LogP) is 1.39. The number of aromatic nitrogens is 1. The van der Waals surface area contributed by atoms with E-state index in [-0.39, 0.29) is 17.0 Å². The monoisotopic (exact) mass is 214 g/mol. The molecule has 80 valence electrons. The van der Waals surface area contributed by atoms with Crippen LogP contribution in [0.4, 0.5) is 8.78 Å². The zero-order valence-electron chi connectivity index (χ0n) is 7.87. The van der Waals surface area contributed by atoms with Crippen molar-refractivity contribution in [2.75, 3.05) is 7.11 Å². The van der Waals surface area contributed by atoms with Crippen molar-refractivity contribution in [1.29, 1.82) is 5.26 Å². The third kappa shape index (κ3) is 2.02. The molecule has 0 bridgehead atoms. The summed E-state index contributed by atoms with van der Waals surface area (Å²) < 4.78 is 29.9. The van der Waals surface area contributed by atoms with Gasteiger partial charge in [0.25, 0.3) is 6.43 Å². The van der Waals surface area contributed by atoms with Crippen molar-refractivity contribution < 1.29 is 18.6 Å². The van der Waals surface area contributed by atoms with E-state index in [0.717, 1.165) is 6.20 Å². The van der Waals surface area contributed by atoms with Gasteiger partial charge >= 0.3 is 0 Å². The molecule has 0 amide bonds. The molecule has 4 nitrogen and oxygen atoms in total. The van der Waals surface area contributed by atoms with Gasteiger partial charge in [-0.1, -0.05) is 0 Å². The first-order chi connectivity index (χ1) is 7.15. The zero-order valence-corrected chi connectivity index (χ0v) is 7.87. The maximum Gasteiger partial charge on any atom is 0.265 e. The fourth-order valence-corrected chi connectivity index (χ4v) is 1.18. The van der Waals surface area contributed by atoms with Crippen LogP contribution in [0.3, 0.4) is 0 Å². The van der Waals surface area contributed by atoms with Gasteiger partial charge in [0.05, 0.1) is 13.7 Å². The number of halogens is 2. The summed E-state index contributed by atoms with van der Waals surface area (Å²) in [5.41, 5.74) is -0.923. The number of aliphatic hydroxyl groups excluding tert-OH is 1. The van der Waals surface area contributed by atoms with Crippen LogP contribution >= 0.6 is 0 Å². The summed E-state index contributed by atoms with van der Waals surface area (Å²) in [7, 11) is 1.23. The number of nitriles is 1. The highest BCUT2D eigenvalue weighted by molar-refractivity contribution is 5.48. The number of rotatable bonds is 3. The molecule has 6 heteroatoms. The van der Waals surface area contributed by atoms with Gasteiger partial charge in [-0.3, -0.25) is 0 Å². The lowest BCUT2D eigenvalue weighted by atomic mass is 10.1. The lowest BCUT2D eigenvalue weighted by Crippen LogP contribution is -2.03. The van der Waals surface area contributed by atoms with Crippen LogP contribution in [0.25, 0.3) is 0 Å². The number of alkyl halides is 2. The number of aliphatic hydroxyl groups is 1. The van der Waals surface area contributed by atoms with E-state index < -0.39 is 18.6 Å². The molecule has 0 aliphatic rings. The van der Waals surface area contributed by atoms with Crippen molar-refractivity contribution >= 4 is 0 Å². The highest BCUT2D eigenvalue weighted by Crippen LogP contribution is 2.30. The Labute approximate surface area is 84.7 Å². The smallest absolute Gasteiger partial charge is 0.265 e. The van der Waals surface area contributed by atoms with Crippen LogP contribution < -0.4 is 4.74 Å². The summed E-state index contributed by atoms with van der Waals surface area (Å²) in [5, 5.41) is 17.5. The number of ether oxygens (including phenoxy) is 1. The third-order valence-corrected chi connectivity index (χ3v) is 1.86. The van der Waals surface area contributed by atoms with Crippen LogP contribution in [-0.4, -0.2) is 17.2 Å². The van der Waals surface area contributed by atoms with Crippen molar-refractivity contribution in [3.8, 4) is 11.9 Å². The van der Waals surface area contributed by atoms with Crippen molar-refractivity contribution in [2.45, 2.75) is 13.0 Å². The van der Waals surface area contributed by atoms with Crippen LogP contribution in [0, 0.1) is 11.3 Å². The van der Waals surface area contributed by atoms with Gasteiger partial charge in [-0.2, -0.15) is 5.26 Å². The minimum absolute atomic E-state index is 0.0673. The molecule has 0 saturated heterocycles. The Morgan fingerprint density at radius 3 is 2.73 bits per heavy atom. The molecule has 0 spiro atoms. The van der Waals surface area contributed by atoms with E-state index in [1.807, 2.05) is 0 Å². The van der Waals surface area contributed by atoms with Gasteiger partial charge < -0.3 is 9.84 Å². The first-order valence-corrected chi connectivity index (χ1v) is 4.00. The van der Waals surface area contributed by atoms with E-state index >= 15 is 0 Å². The SMILES string of the molecule is COc1ncc(CO)c(C(F)F)c1C#N. The lowest BCUT2D eigenvalue weighted by molar-refractivity contribution is 0.146. The number of hydrogen-bond acceptors (Lipinski definition) is 4. The molecule has 1 heterocycles. The van der Waals surface area contributed by atoms with Gasteiger partial charge in [-0.15, -0.1) is 0 Å². The zero-order chi connectivity index (χ0) is 11.4. The summed E-state index contributed by atoms with van der Waals surface area (Å²) in [6.07, 6.45) is -1.78. The average molecular weight is 214 g/mol. The molecule has 0 unspecified atom stereocenters. The molecular weight excluding hydrogens is 206 g/mol. The second kappa shape index (κ2) is 4.66. The molecule has 1 aromatic rings. The van der Waals surface area contributed by atoms with E-state index in [1.165, 1.54) is 7.11 Å². The Kier molecular flexibility index (Phi) is 3.52. The Bertz CT molecular complexity index is 402. The summed E-state index contributed by atoms with van der Waals surface area (Å²) in [4.78, 5) is 3.64. The molecule has 0 saturated carbocycles. The van der Waals surface area contributed by atoms with Crippen molar-refractivity contribution in [2.24, 2.45) is 0 Å². The summed E-state index contributed by atoms with van der Waals surface area (Å²) in [6.45, 7) is -0.592. The van der Waals surface area contributed by atoms with Crippen molar-refractivity contribution in [3.05, 3.63) is 22.9 Å². The highest BCUT2D eigenvalue weighted by atomic mass is 19.3. The van der Waals surface area contributed by atoms with Crippen LogP contribution in [0.1, 0.15) is 23.1 Å². The molecule has 0 atom stereocenters. The Morgan fingerprint density at radius 2 is 2.33 bits per heavy atom. The molecule has 0 aliphatic carbocycles. The van der Waals surface area contributed by atoms with Gasteiger partial charge in [0.1, 0.15) is 11.6 Å². The van der Waals surface area contributed by atoms with E-state index in [2.05, 4.69) is 9.72 Å². The Balaban J connectivity index is 3.46. The van der Waals surface area contributed by atoms with Crippen molar-refractivity contribution in [3.63, 3.8) is 0 Å². The van der Waals surface area contributed by atoms with Crippen LogP contribution in [0.2, 0.25) is 0 Å². The van der Waals surface area contributed by atoms with E-state index in [4.69, 9.17) is 10.4 Å². The standard InChI is InChI=1S/C9H8F2N2O2/c1-15-9-6(2-12)7(8(10)11)5(4-14)3-13-9/h3,8,14H,4H2,1H3. The molecule has 1 aromatic heterocycles. The topological polar surface area (TPSA) is 66.1 Å². The molecular formula is C9H8F2N2O2. The predicted molar refractivity (Wildman–Crippen MR) is 46.4 cm³/mol. The van der Waals surface area contributed by atoms with Gasteiger partial charge in [0, 0.05) is 17.3 Å². The number of hydrogen-bond donors (Lipinski definition) is 1. The first kappa shape index (κ1) is 11.3. The molecule has 1 rings (SSSR count). The molecule has 0 radical (unpaired) electrons. The summed E-state index contributed by atoms with van der Waals surface area (Å²) in [5.74, 6) is -0.162. The maximum atomic E-state index is 12.6. The minimum atomic E-state index is -2.85. The molecule has 0 aliphatic heterocycles. The number of methoxy groups -OCH3 is 1. The van der Waals surface area contributed by atoms with E-state index in [0.29, 0.717) is 0 Å². The third-order valence-electron chi connectivity index (χ3n) is 1.86. The fourth-order valence-electron chi connectivity index (χ4n) is 1.18. The van der Waals surface area contributed by atoms with Crippen LogP contribution in [0.15, 0.2) is 6.20 Å². The van der Waals surface area contributed by atoms with Crippen LogP contribution in [-0.2, 0) is 6.61 Å². The summed E-state index contributed by atoms with van der Waals surface area (Å²) >= 11 is 0. The van der Waals surface area contributed by atoms with Crippen molar-refractivity contribution in [1.82, 2.24) is 4.98 Å². The van der Waals surface area contributed by atoms with Gasteiger partial charge in [-0.05, 0) is 0 Å². The maximum absolute atomic E-state index is 12.6. The second-order valence-electron chi connectivity index (χ2n) is 2.65. The second-order valence-corrected chi connectivity index (χ2v) is 2.65. The fraction of sp³-hybridized carbons (Fsp3) is 0.333. The van der Waals surface area contributed by atoms with E-state index in [1.54, 1.807) is 6.07 Å². The number of nitrogens with zero attached hydrogens (tertiary/aromatic N) is 2. The van der Waals surface area contributed by atoms with Crippen LogP contribution in [0.5, 0.6) is 5.88 Å². The number of pyridine rings is 1. The van der Waals surface area contributed by atoms with Gasteiger partial charge in [0.15, 0.2) is 0 Å². The van der Waals surface area contributed by atoms with Gasteiger partial charge in [0.2, 0.25) is 5.88 Å². The van der Waals surface area contributed by atoms with E-state index in [9.17, 15) is 8.78 Å². The first-order valence-electron chi connectivity index (χ1n) is 4.00. The normalized spacial score (nSPS) is 10.1. The Hall–Kier alpha value is -1.74. The van der Waals surface area contributed by atoms with Gasteiger partial charge in [-0.25, -0.2) is 13.8 Å².